The predicted molar refractivity (Wildman–Crippen MR) is 93.6 cm³/mol. The number of hydrogen-bond donors (Lipinski definition) is 1. The van der Waals surface area contributed by atoms with Crippen LogP contribution in [0, 0.1) is 0 Å². The molecule has 3 rings (SSSR count). The lowest BCUT2D eigenvalue weighted by Gasteiger charge is -2.21. The van der Waals surface area contributed by atoms with Crippen LogP contribution in [0.2, 0.25) is 0 Å². The SMILES string of the molecule is CN(Cc1ccc(OC(F)F)cc1)C(=O)c1cc2c(cc1O)CCCC2. The van der Waals surface area contributed by atoms with Crippen LogP contribution in [0.15, 0.2) is 36.4 Å². The lowest BCUT2D eigenvalue weighted by atomic mass is 9.89. The second-order valence-corrected chi connectivity index (χ2v) is 6.53. The van der Waals surface area contributed by atoms with E-state index in [1.54, 1.807) is 31.3 Å². The van der Waals surface area contributed by atoms with Gasteiger partial charge in [-0.2, -0.15) is 8.78 Å². The van der Waals surface area contributed by atoms with Gasteiger partial charge >= 0.3 is 6.61 Å². The minimum Gasteiger partial charge on any atom is -0.507 e. The Kier molecular flexibility index (Phi) is 5.40. The molecule has 0 radical (unpaired) electrons. The number of carbonyl (C=O) groups excluding carboxylic acids is 1. The number of halogens is 2. The van der Waals surface area contributed by atoms with Crippen LogP contribution < -0.4 is 4.74 Å². The lowest BCUT2D eigenvalue weighted by molar-refractivity contribution is -0.0498. The van der Waals surface area contributed by atoms with Crippen molar-refractivity contribution in [3.05, 3.63) is 58.7 Å². The van der Waals surface area contributed by atoms with E-state index < -0.39 is 6.61 Å². The van der Waals surface area contributed by atoms with Gasteiger partial charge in [0.15, 0.2) is 0 Å². The van der Waals surface area contributed by atoms with Crippen molar-refractivity contribution in [3.63, 3.8) is 0 Å². The molecule has 0 spiro atoms. The third-order valence-electron chi connectivity index (χ3n) is 4.61. The number of benzene rings is 2. The fraction of sp³-hybridized carbons (Fsp3) is 0.350. The molecule has 6 heteroatoms. The maximum atomic E-state index is 12.7. The number of hydrogen-bond acceptors (Lipinski definition) is 3. The first kappa shape index (κ1) is 18.2. The van der Waals surface area contributed by atoms with Crippen molar-refractivity contribution in [1.29, 1.82) is 0 Å². The Morgan fingerprint density at radius 2 is 1.77 bits per heavy atom. The number of phenolic OH excluding ortho intramolecular Hbond substituents is 1. The zero-order valence-electron chi connectivity index (χ0n) is 14.5. The second-order valence-electron chi connectivity index (χ2n) is 6.53. The van der Waals surface area contributed by atoms with E-state index in [9.17, 15) is 18.7 Å². The number of aryl methyl sites for hydroxylation is 2. The minimum atomic E-state index is -2.86. The summed E-state index contributed by atoms with van der Waals surface area (Å²) in [6, 6.07) is 9.64. The molecule has 1 N–H and O–H groups in total. The summed E-state index contributed by atoms with van der Waals surface area (Å²) < 4.78 is 28.7. The van der Waals surface area contributed by atoms with Gasteiger partial charge in [-0.3, -0.25) is 4.79 Å². The normalized spacial score (nSPS) is 13.4. The highest BCUT2D eigenvalue weighted by molar-refractivity contribution is 5.97. The Hall–Kier alpha value is -2.63. The molecule has 0 unspecified atom stereocenters. The van der Waals surface area contributed by atoms with E-state index in [0.29, 0.717) is 12.1 Å². The summed E-state index contributed by atoms with van der Waals surface area (Å²) in [5.41, 5.74) is 3.31. The molecule has 0 bridgehead atoms. The first-order valence-corrected chi connectivity index (χ1v) is 8.58. The maximum absolute atomic E-state index is 12.7. The molecular weight excluding hydrogens is 340 g/mol. The van der Waals surface area contributed by atoms with Crippen molar-refractivity contribution < 1.29 is 23.4 Å². The molecule has 0 aromatic heterocycles. The molecule has 4 nitrogen and oxygen atoms in total. The van der Waals surface area contributed by atoms with E-state index in [1.807, 2.05) is 0 Å². The van der Waals surface area contributed by atoms with Crippen LogP contribution in [0.1, 0.15) is 39.9 Å². The number of aromatic hydroxyl groups is 1. The van der Waals surface area contributed by atoms with Crippen LogP contribution in [0.25, 0.3) is 0 Å². The minimum absolute atomic E-state index is 0.00295. The third-order valence-corrected chi connectivity index (χ3v) is 4.61. The van der Waals surface area contributed by atoms with Gasteiger partial charge < -0.3 is 14.7 Å². The zero-order chi connectivity index (χ0) is 18.7. The number of phenols is 1. The quantitative estimate of drug-likeness (QED) is 0.871. The van der Waals surface area contributed by atoms with Crippen LogP contribution in [-0.4, -0.2) is 29.6 Å². The van der Waals surface area contributed by atoms with Gasteiger partial charge in [0.1, 0.15) is 11.5 Å². The topological polar surface area (TPSA) is 49.8 Å². The van der Waals surface area contributed by atoms with Crippen molar-refractivity contribution in [2.24, 2.45) is 0 Å². The molecule has 1 aliphatic carbocycles. The summed E-state index contributed by atoms with van der Waals surface area (Å²) in [7, 11) is 1.64. The largest absolute Gasteiger partial charge is 0.507 e. The number of fused-ring (bicyclic) bond motifs is 1. The zero-order valence-corrected chi connectivity index (χ0v) is 14.5. The molecule has 0 aliphatic heterocycles. The van der Waals surface area contributed by atoms with Crippen LogP contribution >= 0.6 is 0 Å². The lowest BCUT2D eigenvalue weighted by Crippen LogP contribution is -2.26. The van der Waals surface area contributed by atoms with Crippen LogP contribution in [-0.2, 0) is 19.4 Å². The Labute approximate surface area is 151 Å². The highest BCUT2D eigenvalue weighted by atomic mass is 19.3. The summed E-state index contributed by atoms with van der Waals surface area (Å²) >= 11 is 0. The Morgan fingerprint density at radius 3 is 2.38 bits per heavy atom. The fourth-order valence-electron chi connectivity index (χ4n) is 3.27. The average molecular weight is 361 g/mol. The molecule has 1 amide bonds. The molecule has 0 heterocycles. The van der Waals surface area contributed by atoms with E-state index in [4.69, 9.17) is 0 Å². The van der Waals surface area contributed by atoms with Crippen LogP contribution in [0.5, 0.6) is 11.5 Å². The van der Waals surface area contributed by atoms with Gasteiger partial charge in [0.25, 0.3) is 5.91 Å². The van der Waals surface area contributed by atoms with Gasteiger partial charge in [-0.15, -0.1) is 0 Å². The van der Waals surface area contributed by atoms with Gasteiger partial charge in [0, 0.05) is 13.6 Å². The average Bonchev–Trinajstić information content (AvgIpc) is 2.61. The number of carbonyl (C=O) groups is 1. The summed E-state index contributed by atoms with van der Waals surface area (Å²) in [4.78, 5) is 14.2. The summed E-state index contributed by atoms with van der Waals surface area (Å²) in [6.45, 7) is -2.57. The molecule has 0 fully saturated rings. The predicted octanol–water partition coefficient (Wildman–Crippen LogP) is 4.14. The molecule has 26 heavy (non-hydrogen) atoms. The first-order valence-electron chi connectivity index (χ1n) is 8.58. The first-order chi connectivity index (χ1) is 12.4. The van der Waals surface area contributed by atoms with E-state index >= 15 is 0 Å². The molecule has 2 aromatic rings. The third kappa shape index (κ3) is 4.12. The van der Waals surface area contributed by atoms with Crippen molar-refractivity contribution in [2.75, 3.05) is 7.05 Å². The molecular formula is C20H21F2NO3. The van der Waals surface area contributed by atoms with E-state index in [-0.39, 0.29) is 17.4 Å². The second kappa shape index (κ2) is 7.72. The number of rotatable bonds is 5. The Bertz CT molecular complexity index is 790. The summed E-state index contributed by atoms with van der Waals surface area (Å²) in [5, 5.41) is 10.2. The van der Waals surface area contributed by atoms with Gasteiger partial charge in [-0.1, -0.05) is 12.1 Å². The van der Waals surface area contributed by atoms with Crippen molar-refractivity contribution >= 4 is 5.91 Å². The van der Waals surface area contributed by atoms with E-state index in [2.05, 4.69) is 4.74 Å². The van der Waals surface area contributed by atoms with Gasteiger partial charge in [-0.25, -0.2) is 0 Å². The highest BCUT2D eigenvalue weighted by Gasteiger charge is 2.20. The standard InChI is InChI=1S/C20H21F2NO3/c1-23(12-13-6-8-16(9-7-13)26-20(21)22)19(25)17-10-14-4-2-3-5-15(14)11-18(17)24/h6-11,20,24H,2-5,12H2,1H3. The number of amides is 1. The molecule has 0 atom stereocenters. The van der Waals surface area contributed by atoms with E-state index in [0.717, 1.165) is 42.4 Å². The molecule has 0 saturated carbocycles. The smallest absolute Gasteiger partial charge is 0.387 e. The molecule has 138 valence electrons. The summed E-state index contributed by atoms with van der Waals surface area (Å²) in [5.74, 6) is -0.197. The number of nitrogens with zero attached hydrogens (tertiary/aromatic N) is 1. The molecule has 1 aliphatic rings. The Morgan fingerprint density at radius 1 is 1.15 bits per heavy atom. The van der Waals surface area contributed by atoms with Crippen molar-refractivity contribution in [1.82, 2.24) is 4.90 Å². The maximum Gasteiger partial charge on any atom is 0.387 e. The monoisotopic (exact) mass is 361 g/mol. The van der Waals surface area contributed by atoms with E-state index in [1.165, 1.54) is 17.0 Å². The number of ether oxygens (including phenoxy) is 1. The van der Waals surface area contributed by atoms with Gasteiger partial charge in [-0.05, 0) is 66.6 Å². The van der Waals surface area contributed by atoms with Crippen molar-refractivity contribution in [3.8, 4) is 11.5 Å². The van der Waals surface area contributed by atoms with Gasteiger partial charge in [0.05, 0.1) is 5.56 Å². The fourth-order valence-corrected chi connectivity index (χ4v) is 3.27. The van der Waals surface area contributed by atoms with Crippen molar-refractivity contribution in [2.45, 2.75) is 38.8 Å². The van der Waals surface area contributed by atoms with Crippen LogP contribution in [0.4, 0.5) is 8.78 Å². The molecule has 2 aromatic carbocycles. The summed E-state index contributed by atoms with van der Waals surface area (Å²) in [6.07, 6.45) is 4.05. The Balaban J connectivity index is 1.71. The highest BCUT2D eigenvalue weighted by Crippen LogP contribution is 2.29. The number of alkyl halides is 2. The van der Waals surface area contributed by atoms with Crippen LogP contribution in [0.3, 0.4) is 0 Å². The molecule has 0 saturated heterocycles. The van der Waals surface area contributed by atoms with Gasteiger partial charge in [0.2, 0.25) is 0 Å².